The summed E-state index contributed by atoms with van der Waals surface area (Å²) in [6.07, 6.45) is -5.32. The highest BCUT2D eigenvalue weighted by Gasteiger charge is 2.38. The van der Waals surface area contributed by atoms with Crippen LogP contribution in [0.1, 0.15) is 20.7 Å². The van der Waals surface area contributed by atoms with Crippen molar-refractivity contribution in [3.05, 3.63) is 17.2 Å². The molecule has 0 unspecified atom stereocenters. The van der Waals surface area contributed by atoms with Gasteiger partial charge in [0.15, 0.2) is 6.23 Å². The van der Waals surface area contributed by atoms with E-state index in [0.717, 1.165) is 6.07 Å². The van der Waals surface area contributed by atoms with Crippen LogP contribution < -0.4 is 32.6 Å². The number of rotatable bonds is 5. The summed E-state index contributed by atoms with van der Waals surface area (Å²) in [4.78, 5) is 28.0. The second kappa shape index (κ2) is 8.22. The van der Waals surface area contributed by atoms with E-state index < -0.39 is 36.4 Å². The molecule has 1 aliphatic rings. The topological polar surface area (TPSA) is 214 Å². The molecular weight excluding hydrogens is 352 g/mol. The third-order valence-corrected chi connectivity index (χ3v) is 3.70. The van der Waals surface area contributed by atoms with Gasteiger partial charge in [-0.05, 0) is 6.07 Å². The number of methoxy groups -OCH3 is 1. The van der Waals surface area contributed by atoms with Crippen LogP contribution in [0.3, 0.4) is 0 Å². The fourth-order valence-electron chi connectivity index (χ4n) is 2.37. The number of nitrogen functional groups attached to an aromatic ring is 2. The highest BCUT2D eigenvalue weighted by atomic mass is 16.5. The number of hydrogen-bond acceptors (Lipinski definition) is 11. The van der Waals surface area contributed by atoms with E-state index in [1.807, 2.05) is 10.9 Å². The van der Waals surface area contributed by atoms with Crippen molar-refractivity contribution in [1.82, 2.24) is 15.8 Å². The lowest BCUT2D eigenvalue weighted by atomic mass is 10.0. The van der Waals surface area contributed by atoms with Gasteiger partial charge in [-0.2, -0.15) is 4.98 Å². The number of aromatic nitrogens is 1. The van der Waals surface area contributed by atoms with Crippen molar-refractivity contribution in [1.29, 1.82) is 0 Å². The summed E-state index contributed by atoms with van der Waals surface area (Å²) in [5, 5.41) is 31.8. The molecule has 2 rings (SSSR count). The summed E-state index contributed by atoms with van der Waals surface area (Å²) in [5.41, 5.74) is 3.28. The molecule has 1 fully saturated rings. The van der Waals surface area contributed by atoms with Gasteiger partial charge in [0.1, 0.15) is 29.7 Å². The smallest absolute Gasteiger partial charge is 0.271 e. The van der Waals surface area contributed by atoms with Gasteiger partial charge in [0, 0.05) is 0 Å². The quantitative estimate of drug-likeness (QED) is 0.142. The molecule has 0 spiro atoms. The van der Waals surface area contributed by atoms with E-state index in [2.05, 4.69) is 10.3 Å². The molecule has 13 heteroatoms. The second-order valence-corrected chi connectivity index (χ2v) is 5.33. The zero-order valence-corrected chi connectivity index (χ0v) is 13.7. The Labute approximate surface area is 147 Å². The normalized spacial score (nSPS) is 25.3. The second-order valence-electron chi connectivity index (χ2n) is 5.33. The number of carbonyl (C=O) groups excluding carboxylic acids is 2. The first-order chi connectivity index (χ1) is 12.3. The maximum Gasteiger partial charge on any atom is 0.271 e. The lowest BCUT2D eigenvalue weighted by molar-refractivity contribution is -0.178. The van der Waals surface area contributed by atoms with Crippen LogP contribution in [-0.2, 0) is 4.74 Å². The van der Waals surface area contributed by atoms with Crippen molar-refractivity contribution in [2.75, 3.05) is 19.0 Å². The summed E-state index contributed by atoms with van der Waals surface area (Å²) in [5.74, 6) is 8.29. The lowest BCUT2D eigenvalue weighted by Crippen LogP contribution is -2.55. The number of nitrogens with one attached hydrogen (secondary N) is 3. The van der Waals surface area contributed by atoms with Crippen LogP contribution >= 0.6 is 0 Å². The molecule has 144 valence electrons. The maximum atomic E-state index is 12.0. The molecule has 0 aromatic carbocycles. The number of hydrogen-bond donors (Lipinski definition) is 8. The Kier molecular flexibility index (Phi) is 6.25. The molecule has 1 saturated heterocycles. The molecule has 13 nitrogen and oxygen atoms in total. The predicted octanol–water partition coefficient (Wildman–Crippen LogP) is -3.85. The van der Waals surface area contributed by atoms with Crippen LogP contribution in [0.2, 0.25) is 0 Å². The van der Waals surface area contributed by atoms with Crippen LogP contribution in [0.15, 0.2) is 6.07 Å². The minimum Gasteiger partial charge on any atom is -0.480 e. The van der Waals surface area contributed by atoms with E-state index in [-0.39, 0.29) is 29.4 Å². The zero-order valence-electron chi connectivity index (χ0n) is 13.7. The molecule has 1 aromatic heterocycles. The van der Waals surface area contributed by atoms with Gasteiger partial charge in [-0.3, -0.25) is 20.4 Å². The largest absolute Gasteiger partial charge is 0.480 e. The Bertz CT molecular complexity index is 687. The molecule has 0 radical (unpaired) electrons. The first kappa shape index (κ1) is 19.8. The predicted molar refractivity (Wildman–Crippen MR) is 85.5 cm³/mol. The van der Waals surface area contributed by atoms with E-state index in [0.29, 0.717) is 0 Å². The minimum absolute atomic E-state index is 0.0262. The number of aliphatic hydroxyl groups is 3. The van der Waals surface area contributed by atoms with Gasteiger partial charge in [-0.25, -0.2) is 11.7 Å². The molecule has 2 heterocycles. The number of amides is 2. The highest BCUT2D eigenvalue weighted by Crippen LogP contribution is 2.25. The van der Waals surface area contributed by atoms with Gasteiger partial charge in [0.2, 0.25) is 5.88 Å². The van der Waals surface area contributed by atoms with Gasteiger partial charge in [-0.15, -0.1) is 0 Å². The van der Waals surface area contributed by atoms with Crippen molar-refractivity contribution in [3.8, 4) is 5.88 Å². The first-order valence-corrected chi connectivity index (χ1v) is 7.37. The number of carbonyl (C=O) groups is 2. The Morgan fingerprint density at radius 2 is 1.88 bits per heavy atom. The van der Waals surface area contributed by atoms with Crippen LogP contribution in [0.5, 0.6) is 5.88 Å². The number of nitrogens with zero attached hydrogens (tertiary/aromatic N) is 1. The summed E-state index contributed by atoms with van der Waals surface area (Å²) in [6.45, 7) is -0.239. The Balaban J connectivity index is 2.41. The molecule has 4 atom stereocenters. The molecular formula is C13H20N6O7. The molecule has 2 amide bonds. The minimum atomic E-state index is -1.48. The number of hydrazine groups is 2. The number of anilines is 1. The Hall–Kier alpha value is -2.55. The molecule has 1 aromatic rings. The molecule has 10 N–H and O–H groups in total. The number of nitrogens with two attached hydrogens (primary N) is 2. The third kappa shape index (κ3) is 3.82. The van der Waals surface area contributed by atoms with Gasteiger partial charge >= 0.3 is 0 Å². The molecule has 26 heavy (non-hydrogen) atoms. The molecule has 0 aliphatic carbocycles. The van der Waals surface area contributed by atoms with Crippen molar-refractivity contribution >= 4 is 17.6 Å². The van der Waals surface area contributed by atoms with Gasteiger partial charge in [0.05, 0.1) is 19.3 Å². The monoisotopic (exact) mass is 372 g/mol. The molecule has 0 saturated carbocycles. The van der Waals surface area contributed by atoms with Crippen LogP contribution in [0, 0.1) is 0 Å². The summed E-state index contributed by atoms with van der Waals surface area (Å²) >= 11 is 0. The number of pyridine rings is 1. The fraction of sp³-hybridized carbons (Fsp3) is 0.462. The average Bonchev–Trinajstić information content (AvgIpc) is 2.66. The number of ether oxygens (including phenoxy) is 2. The van der Waals surface area contributed by atoms with Gasteiger partial charge in [0.25, 0.3) is 11.8 Å². The SMILES string of the molecule is COc1nc(N[C@@H]2OC[C@@H](O)[C@H](O)[C@H]2O)cc(C(=O)NN)c1C(=O)NN. The van der Waals surface area contributed by atoms with Crippen LogP contribution in [0.25, 0.3) is 0 Å². The Morgan fingerprint density at radius 1 is 1.23 bits per heavy atom. The molecule has 1 aliphatic heterocycles. The van der Waals surface area contributed by atoms with Gasteiger partial charge < -0.3 is 30.1 Å². The van der Waals surface area contributed by atoms with E-state index in [4.69, 9.17) is 21.2 Å². The van der Waals surface area contributed by atoms with Crippen molar-refractivity contribution in [3.63, 3.8) is 0 Å². The standard InChI is InChI=1S/C13H20N6O7/c1-25-12-7(11(24)19-15)4(10(23)18-14)2-6(16-12)17-13-9(22)8(21)5(20)3-26-13/h2,5,8-9,13,20-22H,3,14-15H2,1H3,(H,16,17)(H,18,23)(H,19,24)/t5-,8+,9-,13-/m1/s1. The van der Waals surface area contributed by atoms with Crippen molar-refractivity contribution in [2.24, 2.45) is 11.7 Å². The fourth-order valence-corrected chi connectivity index (χ4v) is 2.37. The van der Waals surface area contributed by atoms with Crippen molar-refractivity contribution < 1.29 is 34.4 Å². The highest BCUT2D eigenvalue weighted by molar-refractivity contribution is 6.08. The van der Waals surface area contributed by atoms with E-state index >= 15 is 0 Å². The van der Waals surface area contributed by atoms with Crippen molar-refractivity contribution in [2.45, 2.75) is 24.5 Å². The maximum absolute atomic E-state index is 12.0. The third-order valence-electron chi connectivity index (χ3n) is 3.70. The average molecular weight is 372 g/mol. The first-order valence-electron chi connectivity index (χ1n) is 7.37. The molecule has 0 bridgehead atoms. The summed E-state index contributed by atoms with van der Waals surface area (Å²) in [6, 6.07) is 1.16. The summed E-state index contributed by atoms with van der Waals surface area (Å²) in [7, 11) is 1.22. The van der Waals surface area contributed by atoms with E-state index in [9.17, 15) is 24.9 Å². The Morgan fingerprint density at radius 3 is 2.46 bits per heavy atom. The lowest BCUT2D eigenvalue weighted by Gasteiger charge is -2.35. The van der Waals surface area contributed by atoms with E-state index in [1.165, 1.54) is 7.11 Å². The van der Waals surface area contributed by atoms with E-state index in [1.54, 1.807) is 0 Å². The number of aliphatic hydroxyl groups excluding tert-OH is 3. The van der Waals surface area contributed by atoms with Crippen LogP contribution in [-0.4, -0.2) is 70.4 Å². The zero-order chi connectivity index (χ0) is 19.4. The summed E-state index contributed by atoms with van der Waals surface area (Å²) < 4.78 is 10.2. The van der Waals surface area contributed by atoms with Crippen LogP contribution in [0.4, 0.5) is 5.82 Å². The van der Waals surface area contributed by atoms with Gasteiger partial charge in [-0.1, -0.05) is 0 Å².